The molecule has 0 saturated carbocycles. The fourth-order valence-electron chi connectivity index (χ4n) is 1.55. The molecule has 1 heterocycles. The minimum Gasteiger partial charge on any atom is -0.350 e. The number of hydrogen-bond donors (Lipinski definition) is 2. The normalized spacial score (nSPS) is 13.1. The van der Waals surface area contributed by atoms with Gasteiger partial charge in [0.05, 0.1) is 6.04 Å². The number of carbonyl (C=O) groups is 1. The lowest BCUT2D eigenvalue weighted by molar-refractivity contribution is -0.124. The molecule has 4 heteroatoms. The third-order valence-electron chi connectivity index (χ3n) is 2.51. The molecule has 0 bridgehead atoms. The van der Waals surface area contributed by atoms with Gasteiger partial charge >= 0.3 is 0 Å². The van der Waals surface area contributed by atoms with Crippen LogP contribution in [0.15, 0.2) is 24.5 Å². The van der Waals surface area contributed by atoms with Gasteiger partial charge in [-0.2, -0.15) is 0 Å². The Balaban J connectivity index is 2.29. The minimum atomic E-state index is -0.182. The molecule has 0 aliphatic rings. The fraction of sp³-hybridized carbons (Fsp3) is 0.571. The summed E-state index contributed by atoms with van der Waals surface area (Å²) < 4.78 is 0. The van der Waals surface area contributed by atoms with Crippen molar-refractivity contribution in [3.05, 3.63) is 30.1 Å². The highest BCUT2D eigenvalue weighted by Crippen LogP contribution is 2.00. The Bertz CT molecular complexity index is 370. The molecule has 0 radical (unpaired) electrons. The SMILES string of the molecule is CC(NCCc1ccncc1)C(=O)NC(C)(C)C. The van der Waals surface area contributed by atoms with Gasteiger partial charge in [0.2, 0.25) is 5.91 Å². The van der Waals surface area contributed by atoms with Crippen LogP contribution in [0.4, 0.5) is 0 Å². The van der Waals surface area contributed by atoms with Crippen LogP contribution in [0.1, 0.15) is 33.3 Å². The summed E-state index contributed by atoms with van der Waals surface area (Å²) >= 11 is 0. The van der Waals surface area contributed by atoms with Crippen LogP contribution in [-0.2, 0) is 11.2 Å². The standard InChI is InChI=1S/C14H23N3O/c1-11(13(18)17-14(2,3)4)16-10-7-12-5-8-15-9-6-12/h5-6,8-9,11,16H,7,10H2,1-4H3,(H,17,18). The summed E-state index contributed by atoms with van der Waals surface area (Å²) in [6, 6.07) is 3.80. The van der Waals surface area contributed by atoms with Gasteiger partial charge in [-0.3, -0.25) is 9.78 Å². The van der Waals surface area contributed by atoms with Crippen LogP contribution in [0, 0.1) is 0 Å². The minimum absolute atomic E-state index is 0.0391. The molecule has 0 spiro atoms. The van der Waals surface area contributed by atoms with Crippen LogP contribution < -0.4 is 10.6 Å². The summed E-state index contributed by atoms with van der Waals surface area (Å²) in [5, 5.41) is 6.18. The Morgan fingerprint density at radius 1 is 1.33 bits per heavy atom. The molecule has 4 nitrogen and oxygen atoms in total. The van der Waals surface area contributed by atoms with Crippen LogP contribution in [0.2, 0.25) is 0 Å². The molecule has 0 saturated heterocycles. The number of nitrogens with zero attached hydrogens (tertiary/aromatic N) is 1. The van der Waals surface area contributed by atoms with Gasteiger partial charge < -0.3 is 10.6 Å². The highest BCUT2D eigenvalue weighted by molar-refractivity contribution is 5.81. The summed E-state index contributed by atoms with van der Waals surface area (Å²) in [5.74, 6) is 0.0391. The highest BCUT2D eigenvalue weighted by atomic mass is 16.2. The van der Waals surface area contributed by atoms with E-state index in [0.29, 0.717) is 0 Å². The number of amides is 1. The molecule has 0 aliphatic carbocycles. The molecule has 0 aromatic carbocycles. The van der Waals surface area contributed by atoms with Crippen LogP contribution >= 0.6 is 0 Å². The second kappa shape index (κ2) is 6.50. The van der Waals surface area contributed by atoms with E-state index in [-0.39, 0.29) is 17.5 Å². The fourth-order valence-corrected chi connectivity index (χ4v) is 1.55. The van der Waals surface area contributed by atoms with Gasteiger partial charge in [0, 0.05) is 17.9 Å². The molecule has 1 rings (SSSR count). The van der Waals surface area contributed by atoms with E-state index in [1.54, 1.807) is 12.4 Å². The first-order chi connectivity index (χ1) is 8.38. The molecule has 0 aliphatic heterocycles. The zero-order valence-corrected chi connectivity index (χ0v) is 11.7. The number of carbonyl (C=O) groups excluding carboxylic acids is 1. The molecule has 1 aromatic heterocycles. The number of rotatable bonds is 5. The van der Waals surface area contributed by atoms with Crippen molar-refractivity contribution in [2.45, 2.75) is 45.7 Å². The first-order valence-electron chi connectivity index (χ1n) is 6.33. The smallest absolute Gasteiger partial charge is 0.237 e. The Labute approximate surface area is 109 Å². The van der Waals surface area contributed by atoms with Gasteiger partial charge in [0.15, 0.2) is 0 Å². The highest BCUT2D eigenvalue weighted by Gasteiger charge is 2.18. The van der Waals surface area contributed by atoms with E-state index in [1.807, 2.05) is 39.8 Å². The van der Waals surface area contributed by atoms with Crippen molar-refractivity contribution in [1.29, 1.82) is 0 Å². The maximum atomic E-state index is 11.8. The third-order valence-corrected chi connectivity index (χ3v) is 2.51. The van der Waals surface area contributed by atoms with Crippen molar-refractivity contribution < 1.29 is 4.79 Å². The van der Waals surface area contributed by atoms with Crippen molar-refractivity contribution in [1.82, 2.24) is 15.6 Å². The van der Waals surface area contributed by atoms with E-state index >= 15 is 0 Å². The van der Waals surface area contributed by atoms with Crippen molar-refractivity contribution in [3.63, 3.8) is 0 Å². The summed E-state index contributed by atoms with van der Waals surface area (Å²) in [6.45, 7) is 8.61. The van der Waals surface area contributed by atoms with E-state index in [2.05, 4.69) is 15.6 Å². The van der Waals surface area contributed by atoms with E-state index in [0.717, 1.165) is 13.0 Å². The lowest BCUT2D eigenvalue weighted by Gasteiger charge is -2.23. The maximum absolute atomic E-state index is 11.8. The quantitative estimate of drug-likeness (QED) is 0.832. The van der Waals surface area contributed by atoms with E-state index in [4.69, 9.17) is 0 Å². The predicted octanol–water partition coefficient (Wildman–Crippen LogP) is 1.52. The largest absolute Gasteiger partial charge is 0.350 e. The molecular weight excluding hydrogens is 226 g/mol. The van der Waals surface area contributed by atoms with Crippen LogP contribution in [0.25, 0.3) is 0 Å². The van der Waals surface area contributed by atoms with Crippen LogP contribution in [-0.4, -0.2) is 29.0 Å². The van der Waals surface area contributed by atoms with Gasteiger partial charge in [-0.1, -0.05) is 0 Å². The van der Waals surface area contributed by atoms with Crippen LogP contribution in [0.5, 0.6) is 0 Å². The Hall–Kier alpha value is -1.42. The molecule has 1 aromatic rings. The summed E-state index contributed by atoms with van der Waals surface area (Å²) in [6.07, 6.45) is 4.46. The number of nitrogens with one attached hydrogen (secondary N) is 2. The topological polar surface area (TPSA) is 54.0 Å². The summed E-state index contributed by atoms with van der Waals surface area (Å²) in [4.78, 5) is 15.8. The molecule has 1 atom stereocenters. The number of pyridine rings is 1. The van der Waals surface area contributed by atoms with Gasteiger partial charge in [-0.05, 0) is 58.4 Å². The molecule has 0 fully saturated rings. The van der Waals surface area contributed by atoms with E-state index < -0.39 is 0 Å². The number of hydrogen-bond acceptors (Lipinski definition) is 3. The Morgan fingerprint density at radius 3 is 2.50 bits per heavy atom. The lowest BCUT2D eigenvalue weighted by Crippen LogP contribution is -2.49. The zero-order valence-electron chi connectivity index (χ0n) is 11.7. The first-order valence-corrected chi connectivity index (χ1v) is 6.33. The second-order valence-corrected chi connectivity index (χ2v) is 5.52. The molecular formula is C14H23N3O. The van der Waals surface area contributed by atoms with Gasteiger partial charge in [0.1, 0.15) is 0 Å². The second-order valence-electron chi connectivity index (χ2n) is 5.52. The molecule has 2 N–H and O–H groups in total. The first kappa shape index (κ1) is 14.6. The average molecular weight is 249 g/mol. The molecule has 100 valence electrons. The van der Waals surface area contributed by atoms with Gasteiger partial charge in [-0.15, -0.1) is 0 Å². The van der Waals surface area contributed by atoms with Crippen molar-refractivity contribution >= 4 is 5.91 Å². The maximum Gasteiger partial charge on any atom is 0.237 e. The zero-order chi connectivity index (χ0) is 13.6. The monoisotopic (exact) mass is 249 g/mol. The Kier molecular flexibility index (Phi) is 5.28. The summed E-state index contributed by atoms with van der Waals surface area (Å²) in [5.41, 5.74) is 1.04. The van der Waals surface area contributed by atoms with Crippen molar-refractivity contribution in [3.8, 4) is 0 Å². The van der Waals surface area contributed by atoms with Gasteiger partial charge in [0.25, 0.3) is 0 Å². The Morgan fingerprint density at radius 2 is 1.94 bits per heavy atom. The average Bonchev–Trinajstić information content (AvgIpc) is 2.28. The molecule has 1 unspecified atom stereocenters. The van der Waals surface area contributed by atoms with Crippen molar-refractivity contribution in [2.24, 2.45) is 0 Å². The lowest BCUT2D eigenvalue weighted by atomic mass is 10.1. The van der Waals surface area contributed by atoms with E-state index in [9.17, 15) is 4.79 Å². The molecule has 18 heavy (non-hydrogen) atoms. The van der Waals surface area contributed by atoms with Crippen LogP contribution in [0.3, 0.4) is 0 Å². The van der Waals surface area contributed by atoms with Gasteiger partial charge in [-0.25, -0.2) is 0 Å². The third kappa shape index (κ3) is 5.77. The van der Waals surface area contributed by atoms with E-state index in [1.165, 1.54) is 5.56 Å². The predicted molar refractivity (Wildman–Crippen MR) is 73.3 cm³/mol. The molecule has 1 amide bonds. The number of aromatic nitrogens is 1. The van der Waals surface area contributed by atoms with Crippen molar-refractivity contribution in [2.75, 3.05) is 6.54 Å². The summed E-state index contributed by atoms with van der Waals surface area (Å²) in [7, 11) is 0.